The lowest BCUT2D eigenvalue weighted by molar-refractivity contribution is -0.145. The van der Waals surface area contributed by atoms with Gasteiger partial charge in [0.1, 0.15) is 11.1 Å². The fourth-order valence-corrected chi connectivity index (χ4v) is 1.70. The van der Waals surface area contributed by atoms with Gasteiger partial charge in [-0.2, -0.15) is 0 Å². The molecule has 0 aliphatic carbocycles. The SMILES string of the molecule is CC(C)(C(=O)O)n1c(=O)oc2cccc(N)c21. The lowest BCUT2D eigenvalue weighted by Crippen LogP contribution is -2.41. The van der Waals surface area contributed by atoms with E-state index in [4.69, 9.17) is 15.3 Å². The second-order valence-electron chi connectivity index (χ2n) is 4.26. The third kappa shape index (κ3) is 1.49. The summed E-state index contributed by atoms with van der Waals surface area (Å²) in [6.07, 6.45) is 0. The lowest BCUT2D eigenvalue weighted by atomic mass is 10.1. The van der Waals surface area contributed by atoms with E-state index in [2.05, 4.69) is 0 Å². The van der Waals surface area contributed by atoms with Gasteiger partial charge in [-0.3, -0.25) is 4.57 Å². The van der Waals surface area contributed by atoms with Crippen LogP contribution in [0.3, 0.4) is 0 Å². The Balaban J connectivity index is 2.91. The van der Waals surface area contributed by atoms with Crippen LogP contribution in [0.15, 0.2) is 27.4 Å². The minimum absolute atomic E-state index is 0.282. The minimum Gasteiger partial charge on any atom is -0.480 e. The fraction of sp³-hybridized carbons (Fsp3) is 0.273. The summed E-state index contributed by atoms with van der Waals surface area (Å²) in [4.78, 5) is 22.9. The van der Waals surface area contributed by atoms with E-state index in [1.165, 1.54) is 13.8 Å². The van der Waals surface area contributed by atoms with Gasteiger partial charge in [0.25, 0.3) is 0 Å². The third-order valence-corrected chi connectivity index (χ3v) is 2.72. The van der Waals surface area contributed by atoms with Crippen molar-refractivity contribution in [2.75, 3.05) is 5.73 Å². The Hall–Kier alpha value is -2.24. The summed E-state index contributed by atoms with van der Waals surface area (Å²) in [7, 11) is 0. The van der Waals surface area contributed by atoms with Gasteiger partial charge in [0.05, 0.1) is 5.69 Å². The number of hydrogen-bond donors (Lipinski definition) is 2. The van der Waals surface area contributed by atoms with Crippen LogP contribution < -0.4 is 11.5 Å². The van der Waals surface area contributed by atoms with Crippen molar-refractivity contribution in [2.45, 2.75) is 19.4 Å². The number of oxazole rings is 1. The number of anilines is 1. The number of nitrogens with zero attached hydrogens (tertiary/aromatic N) is 1. The molecular weight excluding hydrogens is 224 g/mol. The van der Waals surface area contributed by atoms with Gasteiger partial charge in [-0.15, -0.1) is 0 Å². The smallest absolute Gasteiger partial charge is 0.421 e. The average molecular weight is 236 g/mol. The Labute approximate surface area is 96.3 Å². The molecule has 0 saturated carbocycles. The number of aromatic nitrogens is 1. The molecule has 3 N–H and O–H groups in total. The molecule has 0 spiro atoms. The third-order valence-electron chi connectivity index (χ3n) is 2.72. The summed E-state index contributed by atoms with van der Waals surface area (Å²) in [6.45, 7) is 2.83. The fourth-order valence-electron chi connectivity index (χ4n) is 1.70. The number of aliphatic carboxylic acids is 1. The number of carboxylic acids is 1. The summed E-state index contributed by atoms with van der Waals surface area (Å²) in [5.74, 6) is -1.86. The number of rotatable bonds is 2. The Morgan fingerprint density at radius 1 is 1.47 bits per heavy atom. The van der Waals surface area contributed by atoms with E-state index in [-0.39, 0.29) is 5.58 Å². The molecule has 1 heterocycles. The molecule has 2 rings (SSSR count). The number of carboxylic acid groups (broad SMARTS) is 1. The summed E-state index contributed by atoms with van der Waals surface area (Å²) in [6, 6.07) is 4.80. The molecule has 0 amide bonds. The van der Waals surface area contributed by atoms with Crippen LogP contribution in [0.25, 0.3) is 11.1 Å². The quantitative estimate of drug-likeness (QED) is 0.758. The molecule has 0 bridgehead atoms. The van der Waals surface area contributed by atoms with Crippen LogP contribution in [0.5, 0.6) is 0 Å². The van der Waals surface area contributed by atoms with Gasteiger partial charge in [0, 0.05) is 0 Å². The maximum atomic E-state index is 11.7. The number of benzene rings is 1. The van der Waals surface area contributed by atoms with Crippen LogP contribution in [0, 0.1) is 0 Å². The molecule has 17 heavy (non-hydrogen) atoms. The standard InChI is InChI=1S/C11H12N2O4/c1-11(2,9(14)15)13-8-6(12)4-3-5-7(8)17-10(13)16/h3-5H,12H2,1-2H3,(H,14,15). The van der Waals surface area contributed by atoms with Gasteiger partial charge in [-0.25, -0.2) is 9.59 Å². The van der Waals surface area contributed by atoms with Crippen molar-refractivity contribution in [2.24, 2.45) is 0 Å². The molecule has 0 aliphatic rings. The van der Waals surface area contributed by atoms with Gasteiger partial charge in [0.2, 0.25) is 0 Å². The highest BCUT2D eigenvalue weighted by molar-refractivity contribution is 5.88. The molecule has 0 atom stereocenters. The minimum atomic E-state index is -1.42. The number of nitrogen functional groups attached to an aromatic ring is 1. The first kappa shape index (κ1) is 11.3. The van der Waals surface area contributed by atoms with E-state index in [0.717, 1.165) is 4.57 Å². The zero-order chi connectivity index (χ0) is 12.8. The zero-order valence-corrected chi connectivity index (χ0v) is 9.43. The van der Waals surface area contributed by atoms with Gasteiger partial charge in [-0.05, 0) is 26.0 Å². The Bertz CT molecular complexity index is 651. The zero-order valence-electron chi connectivity index (χ0n) is 9.43. The van der Waals surface area contributed by atoms with Crippen LogP contribution >= 0.6 is 0 Å². The van der Waals surface area contributed by atoms with Crippen molar-refractivity contribution in [1.29, 1.82) is 0 Å². The molecular formula is C11H12N2O4. The average Bonchev–Trinajstić information content (AvgIpc) is 2.56. The van der Waals surface area contributed by atoms with Crippen LogP contribution in [0.2, 0.25) is 0 Å². The maximum absolute atomic E-state index is 11.7. The highest BCUT2D eigenvalue weighted by Gasteiger charge is 2.34. The Morgan fingerprint density at radius 3 is 2.71 bits per heavy atom. The molecule has 0 fully saturated rings. The molecule has 2 aromatic rings. The van der Waals surface area contributed by atoms with Crippen molar-refractivity contribution >= 4 is 22.8 Å². The first-order valence-corrected chi connectivity index (χ1v) is 4.99. The molecule has 0 unspecified atom stereocenters. The van der Waals surface area contributed by atoms with Gasteiger partial charge in [-0.1, -0.05) is 6.07 Å². The van der Waals surface area contributed by atoms with Crippen molar-refractivity contribution in [1.82, 2.24) is 4.57 Å². The predicted molar refractivity (Wildman–Crippen MR) is 61.8 cm³/mol. The summed E-state index contributed by atoms with van der Waals surface area (Å²) < 4.78 is 6.04. The molecule has 0 radical (unpaired) electrons. The van der Waals surface area contributed by atoms with E-state index in [0.29, 0.717) is 11.2 Å². The van der Waals surface area contributed by atoms with Crippen LogP contribution in [-0.2, 0) is 10.3 Å². The van der Waals surface area contributed by atoms with Gasteiger partial charge < -0.3 is 15.3 Å². The molecule has 90 valence electrons. The molecule has 0 aliphatic heterocycles. The lowest BCUT2D eigenvalue weighted by Gasteiger charge is -2.20. The van der Waals surface area contributed by atoms with Crippen molar-refractivity contribution in [3.63, 3.8) is 0 Å². The molecule has 6 nitrogen and oxygen atoms in total. The highest BCUT2D eigenvalue weighted by Crippen LogP contribution is 2.25. The predicted octanol–water partition coefficient (Wildman–Crippen LogP) is 0.996. The molecule has 6 heteroatoms. The molecule has 1 aromatic carbocycles. The number of hydrogen-bond acceptors (Lipinski definition) is 4. The van der Waals surface area contributed by atoms with Crippen LogP contribution in [-0.4, -0.2) is 15.6 Å². The largest absolute Gasteiger partial charge is 0.480 e. The number of para-hydroxylation sites is 1. The van der Waals surface area contributed by atoms with Crippen molar-refractivity contribution < 1.29 is 14.3 Å². The van der Waals surface area contributed by atoms with Crippen LogP contribution in [0.1, 0.15) is 13.8 Å². The summed E-state index contributed by atoms with van der Waals surface area (Å²) in [5, 5.41) is 9.15. The number of carbonyl (C=O) groups is 1. The van der Waals surface area contributed by atoms with E-state index in [1.807, 2.05) is 0 Å². The van der Waals surface area contributed by atoms with Crippen molar-refractivity contribution in [3.05, 3.63) is 28.7 Å². The van der Waals surface area contributed by atoms with Gasteiger partial charge >= 0.3 is 11.7 Å². The first-order valence-electron chi connectivity index (χ1n) is 4.99. The number of fused-ring (bicyclic) bond motifs is 1. The van der Waals surface area contributed by atoms with Gasteiger partial charge in [0.15, 0.2) is 5.58 Å². The second kappa shape index (κ2) is 3.38. The maximum Gasteiger partial charge on any atom is 0.421 e. The van der Waals surface area contributed by atoms with E-state index in [9.17, 15) is 9.59 Å². The Morgan fingerprint density at radius 2 is 2.12 bits per heavy atom. The molecule has 0 saturated heterocycles. The number of nitrogens with two attached hydrogens (primary N) is 1. The van der Waals surface area contributed by atoms with Crippen LogP contribution in [0.4, 0.5) is 5.69 Å². The topological polar surface area (TPSA) is 98.5 Å². The van der Waals surface area contributed by atoms with E-state index < -0.39 is 17.3 Å². The summed E-state index contributed by atoms with van der Waals surface area (Å²) >= 11 is 0. The van der Waals surface area contributed by atoms with E-state index in [1.54, 1.807) is 18.2 Å². The normalized spacial score (nSPS) is 11.9. The Kier molecular flexibility index (Phi) is 2.23. The summed E-state index contributed by atoms with van der Waals surface area (Å²) in [5.41, 5.74) is 5.24. The molecule has 1 aromatic heterocycles. The second-order valence-corrected chi connectivity index (χ2v) is 4.26. The van der Waals surface area contributed by atoms with Crippen molar-refractivity contribution in [3.8, 4) is 0 Å². The first-order chi connectivity index (χ1) is 7.85. The monoisotopic (exact) mass is 236 g/mol. The van der Waals surface area contributed by atoms with E-state index >= 15 is 0 Å². The highest BCUT2D eigenvalue weighted by atomic mass is 16.4.